The van der Waals surface area contributed by atoms with E-state index >= 15 is 0 Å². The first kappa shape index (κ1) is 19.7. The van der Waals surface area contributed by atoms with Crippen molar-refractivity contribution in [1.82, 2.24) is 10.9 Å². The monoisotopic (exact) mass is 375 g/mol. The van der Waals surface area contributed by atoms with Crippen LogP contribution in [0.25, 0.3) is 0 Å². The summed E-state index contributed by atoms with van der Waals surface area (Å²) in [5.74, 6) is 1.35. The molecule has 0 fully saturated rings. The Morgan fingerprint density at radius 1 is 0.852 bits per heavy atom. The quantitative estimate of drug-likeness (QED) is 0.639. The molecule has 3 amide bonds. The molecule has 0 heterocycles. The molecule has 0 aliphatic carbocycles. The smallest absolute Gasteiger partial charge is 0.338 e. The summed E-state index contributed by atoms with van der Waals surface area (Å²) in [5.41, 5.74) is 4.85. The number of methoxy groups -OCH3 is 3. The van der Waals surface area contributed by atoms with E-state index in [0.29, 0.717) is 28.7 Å². The highest BCUT2D eigenvalue weighted by atomic mass is 16.5. The molecule has 0 saturated carbocycles. The second-order valence-electron chi connectivity index (χ2n) is 5.13. The van der Waals surface area contributed by atoms with Gasteiger partial charge in [-0.3, -0.25) is 10.2 Å². The van der Waals surface area contributed by atoms with E-state index in [2.05, 4.69) is 16.2 Å². The summed E-state index contributed by atoms with van der Waals surface area (Å²) in [6.07, 6.45) is 0. The van der Waals surface area contributed by atoms with Gasteiger partial charge in [0.05, 0.1) is 27.0 Å². The number of benzene rings is 2. The van der Waals surface area contributed by atoms with Gasteiger partial charge >= 0.3 is 6.03 Å². The van der Waals surface area contributed by atoms with Gasteiger partial charge in [0.25, 0.3) is 5.91 Å². The van der Waals surface area contributed by atoms with Crippen molar-refractivity contribution in [3.8, 4) is 23.0 Å². The maximum atomic E-state index is 12.0. The molecular formula is C18H21N3O6. The second kappa shape index (κ2) is 9.76. The molecule has 0 saturated heterocycles. The van der Waals surface area contributed by atoms with E-state index in [4.69, 9.17) is 18.9 Å². The predicted octanol–water partition coefficient (Wildman–Crippen LogP) is 1.94. The van der Waals surface area contributed by atoms with E-state index in [1.807, 2.05) is 0 Å². The van der Waals surface area contributed by atoms with Gasteiger partial charge in [0.1, 0.15) is 11.5 Å². The molecule has 0 aliphatic rings. The van der Waals surface area contributed by atoms with Crippen LogP contribution in [-0.2, 0) is 4.79 Å². The molecule has 9 nitrogen and oxygen atoms in total. The molecular weight excluding hydrogens is 354 g/mol. The van der Waals surface area contributed by atoms with Crippen LogP contribution in [0, 0.1) is 0 Å². The molecule has 27 heavy (non-hydrogen) atoms. The molecule has 2 aromatic rings. The van der Waals surface area contributed by atoms with Gasteiger partial charge in [-0.1, -0.05) is 12.1 Å². The van der Waals surface area contributed by atoms with Gasteiger partial charge in [-0.15, -0.1) is 0 Å². The number of nitrogens with one attached hydrogen (secondary N) is 3. The predicted molar refractivity (Wildman–Crippen MR) is 98.3 cm³/mol. The fraction of sp³-hybridized carbons (Fsp3) is 0.222. The Labute approximate surface area is 156 Å². The van der Waals surface area contributed by atoms with E-state index < -0.39 is 11.9 Å². The average Bonchev–Trinajstić information content (AvgIpc) is 2.70. The van der Waals surface area contributed by atoms with E-state index in [1.54, 1.807) is 42.5 Å². The number of carbonyl (C=O) groups is 2. The third-order valence-electron chi connectivity index (χ3n) is 3.40. The third kappa shape index (κ3) is 5.70. The first-order valence-corrected chi connectivity index (χ1v) is 7.91. The highest BCUT2D eigenvalue weighted by Gasteiger charge is 2.11. The Morgan fingerprint density at radius 2 is 1.56 bits per heavy atom. The minimum atomic E-state index is -0.660. The van der Waals surface area contributed by atoms with Crippen molar-refractivity contribution in [1.29, 1.82) is 0 Å². The van der Waals surface area contributed by atoms with E-state index in [0.717, 1.165) is 0 Å². The van der Waals surface area contributed by atoms with Crippen LogP contribution in [0.5, 0.6) is 23.0 Å². The van der Waals surface area contributed by atoms with Crippen molar-refractivity contribution in [2.45, 2.75) is 0 Å². The van der Waals surface area contributed by atoms with Crippen molar-refractivity contribution in [3.05, 3.63) is 42.5 Å². The lowest BCUT2D eigenvalue weighted by Gasteiger charge is -2.13. The molecule has 144 valence electrons. The van der Waals surface area contributed by atoms with Crippen LogP contribution in [0.1, 0.15) is 0 Å². The summed E-state index contributed by atoms with van der Waals surface area (Å²) in [5, 5.41) is 2.55. The van der Waals surface area contributed by atoms with Crippen LogP contribution in [0.2, 0.25) is 0 Å². The SMILES string of the molecule is COc1ccc(OC)c(NC(=O)NNC(=O)COc2ccccc2OC)c1. The lowest BCUT2D eigenvalue weighted by Crippen LogP contribution is -2.45. The molecule has 9 heteroatoms. The number of hydrazine groups is 1. The normalized spacial score (nSPS) is 9.74. The largest absolute Gasteiger partial charge is 0.497 e. The van der Waals surface area contributed by atoms with Crippen LogP contribution in [-0.4, -0.2) is 39.9 Å². The molecule has 0 unspecified atom stereocenters. The van der Waals surface area contributed by atoms with Crippen molar-refractivity contribution >= 4 is 17.6 Å². The summed E-state index contributed by atoms with van der Waals surface area (Å²) in [6, 6.07) is 11.2. The van der Waals surface area contributed by atoms with Gasteiger partial charge < -0.3 is 24.3 Å². The number of para-hydroxylation sites is 2. The second-order valence-corrected chi connectivity index (χ2v) is 5.13. The summed E-state index contributed by atoms with van der Waals surface area (Å²) >= 11 is 0. The Hall–Kier alpha value is -3.62. The van der Waals surface area contributed by atoms with Crippen LogP contribution in [0.15, 0.2) is 42.5 Å². The van der Waals surface area contributed by atoms with E-state index in [-0.39, 0.29) is 6.61 Å². The van der Waals surface area contributed by atoms with Gasteiger partial charge in [0, 0.05) is 6.07 Å². The van der Waals surface area contributed by atoms with Gasteiger partial charge in [-0.05, 0) is 24.3 Å². The fourth-order valence-corrected chi connectivity index (χ4v) is 2.11. The maximum Gasteiger partial charge on any atom is 0.338 e. The molecule has 0 radical (unpaired) electrons. The zero-order chi connectivity index (χ0) is 19.6. The Balaban J connectivity index is 1.84. The highest BCUT2D eigenvalue weighted by molar-refractivity contribution is 5.92. The van der Waals surface area contributed by atoms with Gasteiger partial charge in [-0.25, -0.2) is 10.2 Å². The zero-order valence-corrected chi connectivity index (χ0v) is 15.2. The maximum absolute atomic E-state index is 12.0. The van der Waals surface area contributed by atoms with Gasteiger partial charge in [-0.2, -0.15) is 0 Å². The Kier molecular flexibility index (Phi) is 7.12. The van der Waals surface area contributed by atoms with Crippen LogP contribution in [0.4, 0.5) is 10.5 Å². The summed E-state index contributed by atoms with van der Waals surface area (Å²) < 4.78 is 20.8. The van der Waals surface area contributed by atoms with Crippen molar-refractivity contribution in [2.24, 2.45) is 0 Å². The molecule has 2 aromatic carbocycles. The number of rotatable bonds is 7. The molecule has 0 bridgehead atoms. The zero-order valence-electron chi connectivity index (χ0n) is 15.2. The number of urea groups is 1. The molecule has 3 N–H and O–H groups in total. The van der Waals surface area contributed by atoms with Crippen LogP contribution in [0.3, 0.4) is 0 Å². The first-order valence-electron chi connectivity index (χ1n) is 7.91. The minimum Gasteiger partial charge on any atom is -0.497 e. The van der Waals surface area contributed by atoms with Crippen molar-refractivity contribution in [2.75, 3.05) is 33.3 Å². The Morgan fingerprint density at radius 3 is 2.22 bits per heavy atom. The summed E-state index contributed by atoms with van der Waals surface area (Å²) in [7, 11) is 4.48. The fourth-order valence-electron chi connectivity index (χ4n) is 2.11. The summed E-state index contributed by atoms with van der Waals surface area (Å²) in [6.45, 7) is -0.302. The first-order chi connectivity index (χ1) is 13.1. The Bertz CT molecular complexity index is 796. The van der Waals surface area contributed by atoms with Crippen LogP contribution >= 0.6 is 0 Å². The van der Waals surface area contributed by atoms with Gasteiger partial charge in [0.2, 0.25) is 0 Å². The van der Waals surface area contributed by atoms with Crippen molar-refractivity contribution < 1.29 is 28.5 Å². The number of anilines is 1. The molecule has 0 aromatic heterocycles. The van der Waals surface area contributed by atoms with E-state index in [9.17, 15) is 9.59 Å². The lowest BCUT2D eigenvalue weighted by atomic mass is 10.2. The number of amides is 3. The topological polar surface area (TPSA) is 107 Å². The number of ether oxygens (including phenoxy) is 4. The summed E-state index contributed by atoms with van der Waals surface area (Å²) in [4.78, 5) is 23.8. The molecule has 0 atom stereocenters. The average molecular weight is 375 g/mol. The van der Waals surface area contributed by atoms with Crippen LogP contribution < -0.4 is 35.1 Å². The number of hydrogen-bond donors (Lipinski definition) is 3. The van der Waals surface area contributed by atoms with E-state index in [1.165, 1.54) is 21.3 Å². The number of carbonyl (C=O) groups excluding carboxylic acids is 2. The molecule has 2 rings (SSSR count). The highest BCUT2D eigenvalue weighted by Crippen LogP contribution is 2.28. The third-order valence-corrected chi connectivity index (χ3v) is 3.40. The standard InChI is InChI=1S/C18H21N3O6/c1-24-12-8-9-14(25-2)13(10-12)19-18(23)21-20-17(22)11-27-16-7-5-4-6-15(16)26-3/h4-10H,11H2,1-3H3,(H,20,22)(H2,19,21,23). The van der Waals surface area contributed by atoms with Crippen molar-refractivity contribution in [3.63, 3.8) is 0 Å². The lowest BCUT2D eigenvalue weighted by molar-refractivity contribution is -0.123. The minimum absolute atomic E-state index is 0.302. The molecule has 0 spiro atoms. The number of hydrogen-bond acceptors (Lipinski definition) is 6. The molecule has 0 aliphatic heterocycles. The van der Waals surface area contributed by atoms with Gasteiger partial charge in [0.15, 0.2) is 18.1 Å².